The van der Waals surface area contributed by atoms with Crippen LogP contribution >= 0.6 is 0 Å². The molecule has 1 fully saturated rings. The normalized spacial score (nSPS) is 23.9. The number of methoxy groups -OCH3 is 1. The van der Waals surface area contributed by atoms with Gasteiger partial charge < -0.3 is 20.1 Å². The molecule has 2 N–H and O–H groups in total. The van der Waals surface area contributed by atoms with E-state index >= 15 is 0 Å². The number of hydrogen-bond donors (Lipinski definition) is 2. The first-order valence-electron chi connectivity index (χ1n) is 6.06. The van der Waals surface area contributed by atoms with Crippen LogP contribution in [0.5, 0.6) is 0 Å². The van der Waals surface area contributed by atoms with Crippen LogP contribution in [0, 0.1) is 17.8 Å². The predicted molar refractivity (Wildman–Crippen MR) is 69.6 cm³/mol. The van der Waals surface area contributed by atoms with Gasteiger partial charge >= 0.3 is 12.0 Å². The van der Waals surface area contributed by atoms with Crippen LogP contribution in [0.2, 0.25) is 0 Å². The molecule has 0 aliphatic heterocycles. The quantitative estimate of drug-likeness (QED) is 0.713. The van der Waals surface area contributed by atoms with Gasteiger partial charge in [0.05, 0.1) is 12.6 Å². The number of ether oxygens (including phenoxy) is 1. The van der Waals surface area contributed by atoms with Crippen molar-refractivity contribution in [2.24, 2.45) is 5.41 Å². The lowest BCUT2D eigenvalue weighted by molar-refractivity contribution is -0.137. The first-order valence-corrected chi connectivity index (χ1v) is 6.06. The van der Waals surface area contributed by atoms with Crippen LogP contribution in [0.1, 0.15) is 20.3 Å². The van der Waals surface area contributed by atoms with Gasteiger partial charge in [0.15, 0.2) is 0 Å². The maximum absolute atomic E-state index is 12.0. The first kappa shape index (κ1) is 15.3. The third kappa shape index (κ3) is 3.38. The largest absolute Gasteiger partial charge is 0.480 e. The molecule has 0 bridgehead atoms. The van der Waals surface area contributed by atoms with Gasteiger partial charge in [-0.05, 0) is 6.42 Å². The molecule has 0 aromatic heterocycles. The zero-order chi connectivity index (χ0) is 14.6. The van der Waals surface area contributed by atoms with Crippen molar-refractivity contribution >= 4 is 12.0 Å². The standard InChI is InChI=1S/C13H20N2O4/c1-5-6-15(8-11(16)17)12(18)14-9-7-10(19-4)13(9,2)3/h1,9-10H,6-8H2,2-4H3,(H,14,18)(H,16,17). The Bertz CT molecular complexity index is 400. The highest BCUT2D eigenvalue weighted by molar-refractivity contribution is 5.80. The van der Waals surface area contributed by atoms with Crippen molar-refractivity contribution in [2.75, 3.05) is 20.2 Å². The van der Waals surface area contributed by atoms with Crippen LogP contribution in [-0.2, 0) is 9.53 Å². The number of amides is 2. The maximum Gasteiger partial charge on any atom is 0.323 e. The Morgan fingerprint density at radius 1 is 1.58 bits per heavy atom. The van der Waals surface area contributed by atoms with Gasteiger partial charge in [-0.25, -0.2) is 4.79 Å². The van der Waals surface area contributed by atoms with E-state index in [4.69, 9.17) is 16.3 Å². The summed E-state index contributed by atoms with van der Waals surface area (Å²) >= 11 is 0. The van der Waals surface area contributed by atoms with E-state index in [1.165, 1.54) is 0 Å². The van der Waals surface area contributed by atoms with Gasteiger partial charge in [0.25, 0.3) is 0 Å². The second-order valence-electron chi connectivity index (χ2n) is 5.24. The lowest BCUT2D eigenvalue weighted by atomic mass is 9.64. The number of nitrogens with zero attached hydrogens (tertiary/aromatic N) is 1. The minimum Gasteiger partial charge on any atom is -0.480 e. The summed E-state index contributed by atoms with van der Waals surface area (Å²) in [7, 11) is 1.64. The number of hydrogen-bond acceptors (Lipinski definition) is 3. The minimum absolute atomic E-state index is 0.0288. The molecule has 0 radical (unpaired) electrons. The SMILES string of the molecule is C#CCN(CC(=O)O)C(=O)NC1CC(OC)C1(C)C. The van der Waals surface area contributed by atoms with Crippen LogP contribution < -0.4 is 5.32 Å². The summed E-state index contributed by atoms with van der Waals surface area (Å²) in [6, 6.07) is -0.494. The molecule has 1 aliphatic rings. The van der Waals surface area contributed by atoms with Crippen molar-refractivity contribution in [3.05, 3.63) is 0 Å². The lowest BCUT2D eigenvalue weighted by Gasteiger charge is -2.51. The van der Waals surface area contributed by atoms with Crippen molar-refractivity contribution in [1.29, 1.82) is 0 Å². The highest BCUT2D eigenvalue weighted by Gasteiger charge is 2.49. The van der Waals surface area contributed by atoms with Gasteiger partial charge in [0.1, 0.15) is 6.54 Å². The number of terminal acetylenes is 1. The Labute approximate surface area is 113 Å². The number of urea groups is 1. The van der Waals surface area contributed by atoms with E-state index in [0.29, 0.717) is 6.42 Å². The molecular formula is C13H20N2O4. The molecule has 19 heavy (non-hydrogen) atoms. The molecule has 0 spiro atoms. The Morgan fingerprint density at radius 3 is 2.63 bits per heavy atom. The fourth-order valence-electron chi connectivity index (χ4n) is 2.24. The summed E-state index contributed by atoms with van der Waals surface area (Å²) in [6.07, 6.45) is 5.94. The topological polar surface area (TPSA) is 78.9 Å². The Balaban J connectivity index is 2.59. The van der Waals surface area contributed by atoms with Crippen LogP contribution in [0.25, 0.3) is 0 Å². The number of carboxylic acids is 1. The molecule has 1 aliphatic carbocycles. The van der Waals surface area contributed by atoms with Crippen LogP contribution in [0.3, 0.4) is 0 Å². The van der Waals surface area contributed by atoms with Crippen molar-refractivity contribution in [2.45, 2.75) is 32.4 Å². The summed E-state index contributed by atoms with van der Waals surface area (Å²) in [4.78, 5) is 23.7. The summed E-state index contributed by atoms with van der Waals surface area (Å²) < 4.78 is 5.29. The van der Waals surface area contributed by atoms with E-state index in [1.807, 2.05) is 13.8 Å². The number of carbonyl (C=O) groups is 2. The van der Waals surface area contributed by atoms with Crippen LogP contribution in [0.4, 0.5) is 4.79 Å². The fourth-order valence-corrected chi connectivity index (χ4v) is 2.24. The zero-order valence-electron chi connectivity index (χ0n) is 11.5. The van der Waals surface area contributed by atoms with E-state index in [9.17, 15) is 9.59 Å². The Hall–Kier alpha value is -1.74. The summed E-state index contributed by atoms with van der Waals surface area (Å²) in [6.45, 7) is 3.56. The van der Waals surface area contributed by atoms with E-state index in [2.05, 4.69) is 11.2 Å². The molecule has 106 valence electrons. The van der Waals surface area contributed by atoms with Crippen LogP contribution in [-0.4, -0.2) is 54.4 Å². The highest BCUT2D eigenvalue weighted by Crippen LogP contribution is 2.42. The smallest absolute Gasteiger partial charge is 0.323 e. The average Bonchev–Trinajstić information content (AvgIpc) is 2.32. The Kier molecular flexibility index (Phi) is 4.78. The molecule has 0 aromatic rings. The molecule has 0 heterocycles. The van der Waals surface area contributed by atoms with Crippen molar-refractivity contribution < 1.29 is 19.4 Å². The summed E-state index contributed by atoms with van der Waals surface area (Å²) in [5, 5.41) is 11.5. The van der Waals surface area contributed by atoms with E-state index in [1.54, 1.807) is 7.11 Å². The van der Waals surface area contributed by atoms with Crippen molar-refractivity contribution in [3.8, 4) is 12.3 Å². The fraction of sp³-hybridized carbons (Fsp3) is 0.692. The molecule has 6 heteroatoms. The highest BCUT2D eigenvalue weighted by atomic mass is 16.5. The number of rotatable bonds is 5. The van der Waals surface area contributed by atoms with Crippen molar-refractivity contribution in [1.82, 2.24) is 10.2 Å². The molecule has 0 saturated heterocycles. The zero-order valence-corrected chi connectivity index (χ0v) is 11.5. The molecule has 2 amide bonds. The summed E-state index contributed by atoms with van der Waals surface area (Å²) in [5.74, 6) is 1.19. The molecule has 6 nitrogen and oxygen atoms in total. The summed E-state index contributed by atoms with van der Waals surface area (Å²) in [5.41, 5.74) is -0.171. The third-order valence-corrected chi connectivity index (χ3v) is 3.66. The molecule has 1 saturated carbocycles. The van der Waals surface area contributed by atoms with Gasteiger partial charge in [0.2, 0.25) is 0 Å². The molecule has 1 rings (SSSR count). The minimum atomic E-state index is -1.09. The molecule has 0 aromatic carbocycles. The lowest BCUT2D eigenvalue weighted by Crippen LogP contribution is -2.63. The van der Waals surface area contributed by atoms with Crippen molar-refractivity contribution in [3.63, 3.8) is 0 Å². The monoisotopic (exact) mass is 268 g/mol. The van der Waals surface area contributed by atoms with Gasteiger partial charge in [-0.15, -0.1) is 6.42 Å². The van der Waals surface area contributed by atoms with Crippen LogP contribution in [0.15, 0.2) is 0 Å². The Morgan fingerprint density at radius 2 is 2.21 bits per heavy atom. The van der Waals surface area contributed by atoms with E-state index in [0.717, 1.165) is 4.90 Å². The number of aliphatic carboxylic acids is 1. The van der Waals surface area contributed by atoms with Gasteiger partial charge in [-0.1, -0.05) is 19.8 Å². The number of nitrogens with one attached hydrogen (secondary N) is 1. The first-order chi connectivity index (χ1) is 8.82. The molecule has 2 atom stereocenters. The van der Waals surface area contributed by atoms with E-state index in [-0.39, 0.29) is 24.1 Å². The third-order valence-electron chi connectivity index (χ3n) is 3.66. The second-order valence-corrected chi connectivity index (χ2v) is 5.24. The number of carbonyl (C=O) groups excluding carboxylic acids is 1. The maximum atomic E-state index is 12.0. The van der Waals surface area contributed by atoms with Gasteiger partial charge in [0, 0.05) is 18.6 Å². The average molecular weight is 268 g/mol. The molecular weight excluding hydrogens is 248 g/mol. The predicted octanol–water partition coefficient (Wildman–Crippen LogP) is 0.529. The second kappa shape index (κ2) is 5.93. The van der Waals surface area contributed by atoms with Gasteiger partial charge in [-0.2, -0.15) is 0 Å². The van der Waals surface area contributed by atoms with Gasteiger partial charge in [-0.3, -0.25) is 4.79 Å². The number of carboxylic acid groups (broad SMARTS) is 1. The molecule has 2 unspecified atom stereocenters. The van der Waals surface area contributed by atoms with E-state index < -0.39 is 18.5 Å².